The van der Waals surface area contributed by atoms with Crippen LogP contribution in [0.3, 0.4) is 0 Å². The van der Waals surface area contributed by atoms with Gasteiger partial charge in [0.2, 0.25) is 0 Å². The monoisotopic (exact) mass is 335 g/mol. The minimum absolute atomic E-state index is 0. The standard InChI is InChI=1S/C18H25N3O.ClH/c1-12-8-13(2)10-16(9-12)21-14(3)11-17(15(21)4)18(22)20-7-5-6-19;/h8-11H,5-7,19H2,1-4H3,(H,20,22);1H. The third kappa shape index (κ3) is 4.36. The largest absolute Gasteiger partial charge is 0.352 e. The Morgan fingerprint density at radius 2 is 1.70 bits per heavy atom. The minimum atomic E-state index is -0.0304. The van der Waals surface area contributed by atoms with Gasteiger partial charge in [0, 0.05) is 23.6 Å². The summed E-state index contributed by atoms with van der Waals surface area (Å²) in [6, 6.07) is 8.38. The fraction of sp³-hybridized carbons (Fsp3) is 0.389. The third-order valence-electron chi connectivity index (χ3n) is 3.81. The number of benzene rings is 1. The van der Waals surface area contributed by atoms with Crippen molar-refractivity contribution in [3.8, 4) is 5.69 Å². The lowest BCUT2D eigenvalue weighted by atomic mass is 10.1. The third-order valence-corrected chi connectivity index (χ3v) is 3.81. The average molecular weight is 336 g/mol. The van der Waals surface area contributed by atoms with Gasteiger partial charge in [0.25, 0.3) is 5.91 Å². The molecule has 0 radical (unpaired) electrons. The summed E-state index contributed by atoms with van der Waals surface area (Å²) in [6.45, 7) is 9.39. The van der Waals surface area contributed by atoms with Crippen LogP contribution in [0.5, 0.6) is 0 Å². The number of aromatic nitrogens is 1. The first-order valence-corrected chi connectivity index (χ1v) is 7.70. The smallest absolute Gasteiger partial charge is 0.253 e. The number of aryl methyl sites for hydroxylation is 3. The summed E-state index contributed by atoms with van der Waals surface area (Å²) in [5, 5.41) is 2.92. The second-order valence-corrected chi connectivity index (χ2v) is 5.86. The van der Waals surface area contributed by atoms with Crippen molar-refractivity contribution in [3.05, 3.63) is 52.3 Å². The number of rotatable bonds is 5. The molecule has 0 spiro atoms. The molecule has 4 nitrogen and oxygen atoms in total. The molecular formula is C18H26ClN3O. The lowest BCUT2D eigenvalue weighted by molar-refractivity contribution is 0.0953. The Morgan fingerprint density at radius 1 is 1.09 bits per heavy atom. The molecular weight excluding hydrogens is 310 g/mol. The van der Waals surface area contributed by atoms with Gasteiger partial charge in [-0.3, -0.25) is 4.79 Å². The fourth-order valence-electron chi connectivity index (χ4n) is 2.87. The van der Waals surface area contributed by atoms with Crippen molar-refractivity contribution in [3.63, 3.8) is 0 Å². The SMILES string of the molecule is Cc1cc(C)cc(-n2c(C)cc(C(=O)NCCCN)c2C)c1.Cl. The number of amides is 1. The molecule has 2 rings (SSSR count). The van der Waals surface area contributed by atoms with E-state index in [9.17, 15) is 4.79 Å². The molecule has 126 valence electrons. The number of hydrogen-bond donors (Lipinski definition) is 2. The van der Waals surface area contributed by atoms with Gasteiger partial charge in [0.1, 0.15) is 0 Å². The molecule has 0 saturated heterocycles. The molecule has 0 bridgehead atoms. The van der Waals surface area contributed by atoms with Gasteiger partial charge in [-0.15, -0.1) is 12.4 Å². The molecule has 0 unspecified atom stereocenters. The van der Waals surface area contributed by atoms with E-state index in [1.54, 1.807) is 0 Å². The summed E-state index contributed by atoms with van der Waals surface area (Å²) in [5.41, 5.74) is 11.8. The molecule has 0 aliphatic rings. The number of halogens is 1. The van der Waals surface area contributed by atoms with Gasteiger partial charge in [0.05, 0.1) is 5.56 Å². The second kappa shape index (κ2) is 8.18. The first-order valence-electron chi connectivity index (χ1n) is 7.70. The number of nitrogens with one attached hydrogen (secondary N) is 1. The topological polar surface area (TPSA) is 60.0 Å². The van der Waals surface area contributed by atoms with Crippen LogP contribution in [-0.4, -0.2) is 23.6 Å². The van der Waals surface area contributed by atoms with Gasteiger partial charge in [0.15, 0.2) is 0 Å². The van der Waals surface area contributed by atoms with Crippen LogP contribution in [0, 0.1) is 27.7 Å². The Labute approximate surface area is 144 Å². The molecule has 3 N–H and O–H groups in total. The van der Waals surface area contributed by atoms with Gasteiger partial charge in [-0.2, -0.15) is 0 Å². The highest BCUT2D eigenvalue weighted by molar-refractivity contribution is 5.95. The van der Waals surface area contributed by atoms with E-state index >= 15 is 0 Å². The van der Waals surface area contributed by atoms with Gasteiger partial charge < -0.3 is 15.6 Å². The summed E-state index contributed by atoms with van der Waals surface area (Å²) in [6.07, 6.45) is 0.793. The molecule has 0 saturated carbocycles. The highest BCUT2D eigenvalue weighted by Crippen LogP contribution is 2.22. The minimum Gasteiger partial charge on any atom is -0.352 e. The molecule has 5 heteroatoms. The van der Waals surface area contributed by atoms with Crippen molar-refractivity contribution in [1.82, 2.24) is 9.88 Å². The van der Waals surface area contributed by atoms with Crippen molar-refractivity contribution >= 4 is 18.3 Å². The first-order chi connectivity index (χ1) is 10.4. The Balaban J connectivity index is 0.00000264. The molecule has 1 heterocycles. The highest BCUT2D eigenvalue weighted by Gasteiger charge is 2.16. The van der Waals surface area contributed by atoms with Crippen LogP contribution in [0.25, 0.3) is 5.69 Å². The zero-order chi connectivity index (χ0) is 16.3. The molecule has 0 aliphatic carbocycles. The van der Waals surface area contributed by atoms with E-state index in [1.807, 2.05) is 19.9 Å². The van der Waals surface area contributed by atoms with Crippen LogP contribution in [0.4, 0.5) is 0 Å². The van der Waals surface area contributed by atoms with Crippen LogP contribution in [0.1, 0.15) is 39.3 Å². The average Bonchev–Trinajstić information content (AvgIpc) is 2.73. The summed E-state index contributed by atoms with van der Waals surface area (Å²) in [5.74, 6) is -0.0304. The van der Waals surface area contributed by atoms with E-state index in [4.69, 9.17) is 5.73 Å². The molecule has 0 atom stereocenters. The maximum Gasteiger partial charge on any atom is 0.253 e. The number of nitrogens with zero attached hydrogens (tertiary/aromatic N) is 1. The van der Waals surface area contributed by atoms with Crippen LogP contribution in [-0.2, 0) is 0 Å². The predicted octanol–water partition coefficient (Wildman–Crippen LogP) is 3.21. The second-order valence-electron chi connectivity index (χ2n) is 5.86. The van der Waals surface area contributed by atoms with E-state index in [2.05, 4.69) is 41.9 Å². The van der Waals surface area contributed by atoms with Crippen molar-refractivity contribution in [2.45, 2.75) is 34.1 Å². The van der Waals surface area contributed by atoms with Crippen LogP contribution < -0.4 is 11.1 Å². The lowest BCUT2D eigenvalue weighted by Crippen LogP contribution is -2.26. The molecule has 0 aliphatic heterocycles. The Kier molecular flexibility index (Phi) is 6.85. The maximum atomic E-state index is 12.3. The molecule has 2 aromatic rings. The number of hydrogen-bond acceptors (Lipinski definition) is 2. The van der Waals surface area contributed by atoms with Gasteiger partial charge in [-0.1, -0.05) is 6.07 Å². The van der Waals surface area contributed by atoms with Crippen LogP contribution >= 0.6 is 12.4 Å². The van der Waals surface area contributed by atoms with Crippen LogP contribution in [0.15, 0.2) is 24.3 Å². The Hall–Kier alpha value is -1.78. The number of carbonyl (C=O) groups excluding carboxylic acids is 1. The summed E-state index contributed by atoms with van der Waals surface area (Å²) < 4.78 is 2.14. The molecule has 1 aromatic carbocycles. The summed E-state index contributed by atoms with van der Waals surface area (Å²) >= 11 is 0. The first kappa shape index (κ1) is 19.3. The predicted molar refractivity (Wildman–Crippen MR) is 98.0 cm³/mol. The Bertz CT molecular complexity index is 672. The molecule has 1 amide bonds. The van der Waals surface area contributed by atoms with Crippen molar-refractivity contribution < 1.29 is 4.79 Å². The van der Waals surface area contributed by atoms with Crippen molar-refractivity contribution in [1.29, 1.82) is 0 Å². The van der Waals surface area contributed by atoms with Gasteiger partial charge >= 0.3 is 0 Å². The summed E-state index contributed by atoms with van der Waals surface area (Å²) in [4.78, 5) is 12.3. The van der Waals surface area contributed by atoms with E-state index in [0.29, 0.717) is 13.1 Å². The fourth-order valence-corrected chi connectivity index (χ4v) is 2.87. The van der Waals surface area contributed by atoms with E-state index < -0.39 is 0 Å². The Morgan fingerprint density at radius 3 is 2.26 bits per heavy atom. The zero-order valence-electron chi connectivity index (χ0n) is 14.3. The highest BCUT2D eigenvalue weighted by atomic mass is 35.5. The van der Waals surface area contributed by atoms with E-state index in [1.165, 1.54) is 11.1 Å². The summed E-state index contributed by atoms with van der Waals surface area (Å²) in [7, 11) is 0. The number of carbonyl (C=O) groups is 1. The number of nitrogens with two attached hydrogens (primary N) is 1. The van der Waals surface area contributed by atoms with Crippen LogP contribution in [0.2, 0.25) is 0 Å². The molecule has 1 aromatic heterocycles. The van der Waals surface area contributed by atoms with E-state index in [-0.39, 0.29) is 18.3 Å². The molecule has 0 fully saturated rings. The van der Waals surface area contributed by atoms with Crippen molar-refractivity contribution in [2.24, 2.45) is 5.73 Å². The maximum absolute atomic E-state index is 12.3. The van der Waals surface area contributed by atoms with Gasteiger partial charge in [-0.25, -0.2) is 0 Å². The quantitative estimate of drug-likeness (QED) is 0.824. The van der Waals surface area contributed by atoms with E-state index in [0.717, 1.165) is 29.1 Å². The lowest BCUT2D eigenvalue weighted by Gasteiger charge is -2.12. The zero-order valence-corrected chi connectivity index (χ0v) is 15.1. The van der Waals surface area contributed by atoms with Crippen molar-refractivity contribution in [2.75, 3.05) is 13.1 Å². The normalized spacial score (nSPS) is 10.3. The van der Waals surface area contributed by atoms with Gasteiger partial charge in [-0.05, 0) is 70.0 Å². The molecule has 23 heavy (non-hydrogen) atoms.